The summed E-state index contributed by atoms with van der Waals surface area (Å²) >= 11 is 5.82. The molecule has 0 saturated heterocycles. The summed E-state index contributed by atoms with van der Waals surface area (Å²) < 4.78 is 0. The molecule has 5 heteroatoms. The predicted octanol–water partition coefficient (Wildman–Crippen LogP) is 3.49. The van der Waals surface area contributed by atoms with Crippen LogP contribution in [0.2, 0.25) is 5.02 Å². The lowest BCUT2D eigenvalue weighted by Crippen LogP contribution is -2.13. The van der Waals surface area contributed by atoms with E-state index in [1.54, 1.807) is 24.3 Å². The van der Waals surface area contributed by atoms with E-state index in [-0.39, 0.29) is 11.7 Å². The van der Waals surface area contributed by atoms with Gasteiger partial charge in [-0.3, -0.25) is 10.1 Å². The van der Waals surface area contributed by atoms with E-state index in [4.69, 9.17) is 17.3 Å². The van der Waals surface area contributed by atoms with Crippen LogP contribution >= 0.6 is 11.6 Å². The van der Waals surface area contributed by atoms with Gasteiger partial charge in [-0.05, 0) is 29.7 Å². The van der Waals surface area contributed by atoms with Crippen LogP contribution < -0.4 is 5.73 Å². The monoisotopic (exact) mass is 276 g/mol. The lowest BCUT2D eigenvalue weighted by atomic mass is 10.00. The van der Waals surface area contributed by atoms with Crippen LogP contribution in [-0.4, -0.2) is 4.92 Å². The van der Waals surface area contributed by atoms with Gasteiger partial charge in [-0.25, -0.2) is 0 Å². The fourth-order valence-electron chi connectivity index (χ4n) is 1.84. The van der Waals surface area contributed by atoms with Crippen LogP contribution in [0.25, 0.3) is 0 Å². The fraction of sp³-hybridized carbons (Fsp3) is 0.143. The molecule has 2 rings (SSSR count). The Bertz CT molecular complexity index is 567. The van der Waals surface area contributed by atoms with Crippen molar-refractivity contribution in [1.29, 1.82) is 0 Å². The first-order chi connectivity index (χ1) is 9.06. The van der Waals surface area contributed by atoms with Crippen molar-refractivity contribution >= 4 is 17.3 Å². The summed E-state index contributed by atoms with van der Waals surface area (Å²) in [6.45, 7) is 0. The van der Waals surface area contributed by atoms with Crippen molar-refractivity contribution in [2.75, 3.05) is 0 Å². The number of non-ortho nitro benzene ring substituents is 1. The average Bonchev–Trinajstić information content (AvgIpc) is 2.40. The van der Waals surface area contributed by atoms with Crippen molar-refractivity contribution in [2.24, 2.45) is 5.73 Å². The standard InChI is InChI=1S/C14H13ClN2O2/c15-12-5-3-11(4-6-12)14(16)9-10-1-7-13(8-2-10)17(18)19/h1-8,14H,9,16H2. The van der Waals surface area contributed by atoms with Gasteiger partial charge < -0.3 is 5.73 Å². The lowest BCUT2D eigenvalue weighted by Gasteiger charge is -2.12. The lowest BCUT2D eigenvalue weighted by molar-refractivity contribution is -0.384. The van der Waals surface area contributed by atoms with Gasteiger partial charge in [0.05, 0.1) is 4.92 Å². The zero-order valence-corrected chi connectivity index (χ0v) is 10.9. The third kappa shape index (κ3) is 3.53. The molecule has 2 aromatic rings. The summed E-state index contributed by atoms with van der Waals surface area (Å²) in [6.07, 6.45) is 0.625. The zero-order valence-electron chi connectivity index (χ0n) is 10.1. The van der Waals surface area contributed by atoms with E-state index in [1.165, 1.54) is 12.1 Å². The molecule has 0 aliphatic rings. The van der Waals surface area contributed by atoms with Crippen LogP contribution in [0.5, 0.6) is 0 Å². The Kier molecular flexibility index (Phi) is 4.14. The third-order valence-corrected chi connectivity index (χ3v) is 3.15. The molecule has 0 saturated carbocycles. The number of hydrogen-bond donors (Lipinski definition) is 1. The van der Waals surface area contributed by atoms with Crippen LogP contribution in [-0.2, 0) is 6.42 Å². The van der Waals surface area contributed by atoms with Crippen LogP contribution in [0.1, 0.15) is 17.2 Å². The molecular formula is C14H13ClN2O2. The van der Waals surface area contributed by atoms with E-state index in [1.807, 2.05) is 12.1 Å². The van der Waals surface area contributed by atoms with Gasteiger partial charge in [0.25, 0.3) is 5.69 Å². The van der Waals surface area contributed by atoms with Crippen molar-refractivity contribution in [1.82, 2.24) is 0 Å². The quantitative estimate of drug-likeness (QED) is 0.686. The molecule has 0 spiro atoms. The topological polar surface area (TPSA) is 69.2 Å². The Balaban J connectivity index is 2.08. The van der Waals surface area contributed by atoms with Crippen LogP contribution in [0, 0.1) is 10.1 Å². The summed E-state index contributed by atoms with van der Waals surface area (Å²) in [4.78, 5) is 10.1. The molecule has 19 heavy (non-hydrogen) atoms. The van der Waals surface area contributed by atoms with E-state index < -0.39 is 4.92 Å². The van der Waals surface area contributed by atoms with Crippen molar-refractivity contribution in [3.05, 3.63) is 74.8 Å². The van der Waals surface area contributed by atoms with Gasteiger partial charge in [0.2, 0.25) is 0 Å². The molecule has 0 aromatic heterocycles. The first-order valence-electron chi connectivity index (χ1n) is 5.80. The van der Waals surface area contributed by atoms with E-state index in [0.29, 0.717) is 11.4 Å². The fourth-order valence-corrected chi connectivity index (χ4v) is 1.96. The highest BCUT2D eigenvalue weighted by molar-refractivity contribution is 6.30. The highest BCUT2D eigenvalue weighted by Gasteiger charge is 2.09. The summed E-state index contributed by atoms with van der Waals surface area (Å²) in [5.74, 6) is 0. The Labute approximate surface area is 116 Å². The summed E-state index contributed by atoms with van der Waals surface area (Å²) in [5.41, 5.74) is 8.14. The Morgan fingerprint density at radius 1 is 1.11 bits per heavy atom. The highest BCUT2D eigenvalue weighted by Crippen LogP contribution is 2.20. The minimum absolute atomic E-state index is 0.0869. The van der Waals surface area contributed by atoms with Gasteiger partial charge in [0.15, 0.2) is 0 Å². The molecule has 0 aliphatic heterocycles. The molecule has 0 fully saturated rings. The number of nitro groups is 1. The van der Waals surface area contributed by atoms with E-state index in [0.717, 1.165) is 11.1 Å². The molecule has 0 aliphatic carbocycles. The van der Waals surface area contributed by atoms with Gasteiger partial charge in [0, 0.05) is 23.2 Å². The molecule has 1 atom stereocenters. The maximum Gasteiger partial charge on any atom is 0.269 e. The van der Waals surface area contributed by atoms with E-state index in [2.05, 4.69) is 0 Å². The summed E-state index contributed by atoms with van der Waals surface area (Å²) in [5, 5.41) is 11.2. The Hall–Kier alpha value is -1.91. The molecule has 0 amide bonds. The van der Waals surface area contributed by atoms with Gasteiger partial charge >= 0.3 is 0 Å². The number of nitrogens with zero attached hydrogens (tertiary/aromatic N) is 1. The van der Waals surface area contributed by atoms with Crippen LogP contribution in [0.15, 0.2) is 48.5 Å². The smallest absolute Gasteiger partial charge is 0.269 e. The predicted molar refractivity (Wildman–Crippen MR) is 75.2 cm³/mol. The molecule has 2 aromatic carbocycles. The maximum atomic E-state index is 10.6. The second-order valence-electron chi connectivity index (χ2n) is 4.29. The molecule has 4 nitrogen and oxygen atoms in total. The maximum absolute atomic E-state index is 10.6. The molecule has 2 N–H and O–H groups in total. The number of halogens is 1. The number of rotatable bonds is 4. The molecule has 98 valence electrons. The third-order valence-electron chi connectivity index (χ3n) is 2.90. The van der Waals surface area contributed by atoms with Gasteiger partial charge in [0.1, 0.15) is 0 Å². The van der Waals surface area contributed by atoms with Gasteiger partial charge in [-0.2, -0.15) is 0 Å². The van der Waals surface area contributed by atoms with Crippen molar-refractivity contribution < 1.29 is 4.92 Å². The normalized spacial score (nSPS) is 12.1. The van der Waals surface area contributed by atoms with Gasteiger partial charge in [-0.1, -0.05) is 35.9 Å². The summed E-state index contributed by atoms with van der Waals surface area (Å²) in [6, 6.07) is 13.7. The molecule has 1 unspecified atom stereocenters. The van der Waals surface area contributed by atoms with E-state index >= 15 is 0 Å². The largest absolute Gasteiger partial charge is 0.324 e. The SMILES string of the molecule is NC(Cc1ccc([N+](=O)[O-])cc1)c1ccc(Cl)cc1. The van der Waals surface area contributed by atoms with Crippen molar-refractivity contribution in [3.63, 3.8) is 0 Å². The molecule has 0 radical (unpaired) electrons. The Morgan fingerprint density at radius 2 is 1.68 bits per heavy atom. The van der Waals surface area contributed by atoms with E-state index in [9.17, 15) is 10.1 Å². The second kappa shape index (κ2) is 5.82. The average molecular weight is 277 g/mol. The second-order valence-corrected chi connectivity index (χ2v) is 4.72. The number of nitrogens with two attached hydrogens (primary N) is 1. The minimum atomic E-state index is -0.414. The number of hydrogen-bond acceptors (Lipinski definition) is 3. The minimum Gasteiger partial charge on any atom is -0.324 e. The number of benzene rings is 2. The van der Waals surface area contributed by atoms with Gasteiger partial charge in [-0.15, -0.1) is 0 Å². The molecule has 0 bridgehead atoms. The Morgan fingerprint density at radius 3 is 2.21 bits per heavy atom. The van der Waals surface area contributed by atoms with Crippen molar-refractivity contribution in [2.45, 2.75) is 12.5 Å². The zero-order chi connectivity index (χ0) is 13.8. The summed E-state index contributed by atoms with van der Waals surface area (Å²) in [7, 11) is 0. The molecule has 0 heterocycles. The van der Waals surface area contributed by atoms with Crippen molar-refractivity contribution in [3.8, 4) is 0 Å². The highest BCUT2D eigenvalue weighted by atomic mass is 35.5. The molecular weight excluding hydrogens is 264 g/mol. The number of nitro benzene ring substituents is 1. The van der Waals surface area contributed by atoms with Crippen LogP contribution in [0.4, 0.5) is 5.69 Å². The first kappa shape index (κ1) is 13.5. The van der Waals surface area contributed by atoms with Crippen LogP contribution in [0.3, 0.4) is 0 Å². The first-order valence-corrected chi connectivity index (χ1v) is 6.18.